The number of carbonyl (C=O) groups excluding carboxylic acids is 1. The van der Waals surface area contributed by atoms with Crippen LogP contribution in [0, 0.1) is 6.92 Å². The van der Waals surface area contributed by atoms with Crippen LogP contribution >= 0.6 is 0 Å². The zero-order valence-electron chi connectivity index (χ0n) is 11.4. The summed E-state index contributed by atoms with van der Waals surface area (Å²) in [5.41, 5.74) is 1.23. The molecule has 1 aromatic heterocycles. The third kappa shape index (κ3) is 3.26. The Morgan fingerprint density at radius 2 is 1.90 bits per heavy atom. The van der Waals surface area contributed by atoms with Gasteiger partial charge in [-0.3, -0.25) is 9.59 Å². The quantitative estimate of drug-likeness (QED) is 0.923. The van der Waals surface area contributed by atoms with Gasteiger partial charge in [0, 0.05) is 17.4 Å². The molecule has 5 nitrogen and oxygen atoms in total. The molecule has 0 fully saturated rings. The van der Waals surface area contributed by atoms with Crippen molar-refractivity contribution in [2.45, 2.75) is 13.5 Å². The van der Waals surface area contributed by atoms with E-state index in [2.05, 4.69) is 5.32 Å². The largest absolute Gasteiger partial charge is 0.497 e. The molecule has 20 heavy (non-hydrogen) atoms. The summed E-state index contributed by atoms with van der Waals surface area (Å²) in [6.07, 6.45) is 0. The molecule has 0 spiro atoms. The number of hydrogen-bond acceptors (Lipinski definition) is 3. The van der Waals surface area contributed by atoms with Crippen LogP contribution in [0.25, 0.3) is 0 Å². The first-order valence-electron chi connectivity index (χ1n) is 6.20. The third-order valence-corrected chi connectivity index (χ3v) is 2.94. The zero-order valence-corrected chi connectivity index (χ0v) is 11.4. The Morgan fingerprint density at radius 3 is 2.50 bits per heavy atom. The zero-order chi connectivity index (χ0) is 14.5. The van der Waals surface area contributed by atoms with Crippen LogP contribution in [0.5, 0.6) is 5.75 Å². The number of rotatable bonds is 4. The maximum absolute atomic E-state index is 11.9. The molecule has 0 unspecified atom stereocenters. The predicted octanol–water partition coefficient (Wildman–Crippen LogP) is 1.80. The molecule has 0 bridgehead atoms. The summed E-state index contributed by atoms with van der Waals surface area (Å²) in [6.45, 7) is 1.79. The highest BCUT2D eigenvalue weighted by Crippen LogP contribution is 2.14. The highest BCUT2D eigenvalue weighted by Gasteiger charge is 2.06. The lowest BCUT2D eigenvalue weighted by Crippen LogP contribution is -2.28. The maximum atomic E-state index is 11.9. The summed E-state index contributed by atoms with van der Waals surface area (Å²) < 4.78 is 6.47. The Hall–Kier alpha value is -2.56. The molecule has 1 N–H and O–H groups in total. The molecule has 0 aliphatic carbocycles. The summed E-state index contributed by atoms with van der Waals surface area (Å²) in [4.78, 5) is 23.6. The highest BCUT2D eigenvalue weighted by atomic mass is 16.5. The average Bonchev–Trinajstić information content (AvgIpc) is 2.44. The van der Waals surface area contributed by atoms with Gasteiger partial charge in [0.15, 0.2) is 0 Å². The van der Waals surface area contributed by atoms with Gasteiger partial charge in [-0.05, 0) is 37.3 Å². The lowest BCUT2D eigenvalue weighted by molar-refractivity contribution is -0.116. The molecule has 0 radical (unpaired) electrons. The first kappa shape index (κ1) is 13.9. The second-order valence-electron chi connectivity index (χ2n) is 4.37. The lowest BCUT2D eigenvalue weighted by Gasteiger charge is -2.10. The number of hydrogen-bond donors (Lipinski definition) is 1. The summed E-state index contributed by atoms with van der Waals surface area (Å²) in [5.74, 6) is 0.477. The molecule has 0 aliphatic heterocycles. The molecular weight excluding hydrogens is 256 g/mol. The van der Waals surface area contributed by atoms with E-state index < -0.39 is 0 Å². The van der Waals surface area contributed by atoms with E-state index in [0.29, 0.717) is 5.69 Å². The Bertz CT molecular complexity index is 660. The first-order valence-corrected chi connectivity index (χ1v) is 6.20. The van der Waals surface area contributed by atoms with Crippen molar-refractivity contribution in [3.8, 4) is 5.75 Å². The van der Waals surface area contributed by atoms with Crippen LogP contribution in [0.15, 0.2) is 47.3 Å². The molecule has 104 valence electrons. The molecule has 5 heteroatoms. The second-order valence-corrected chi connectivity index (χ2v) is 4.37. The smallest absolute Gasteiger partial charge is 0.251 e. The van der Waals surface area contributed by atoms with E-state index in [0.717, 1.165) is 11.4 Å². The maximum Gasteiger partial charge on any atom is 0.251 e. The van der Waals surface area contributed by atoms with Crippen LogP contribution in [0.2, 0.25) is 0 Å². The van der Waals surface area contributed by atoms with Crippen molar-refractivity contribution in [3.05, 3.63) is 58.5 Å². The van der Waals surface area contributed by atoms with Gasteiger partial charge in [-0.25, -0.2) is 0 Å². The summed E-state index contributed by atoms with van der Waals surface area (Å²) in [5, 5.41) is 2.74. The normalized spacial score (nSPS) is 10.1. The van der Waals surface area contributed by atoms with Crippen LogP contribution in [0.4, 0.5) is 5.69 Å². The van der Waals surface area contributed by atoms with Gasteiger partial charge < -0.3 is 14.6 Å². The van der Waals surface area contributed by atoms with E-state index in [4.69, 9.17) is 4.74 Å². The van der Waals surface area contributed by atoms with Crippen molar-refractivity contribution < 1.29 is 9.53 Å². The number of ether oxygens (including phenoxy) is 1. The van der Waals surface area contributed by atoms with Crippen molar-refractivity contribution in [1.82, 2.24) is 4.57 Å². The summed E-state index contributed by atoms with van der Waals surface area (Å²) >= 11 is 0. The number of aromatic nitrogens is 1. The van der Waals surface area contributed by atoms with Gasteiger partial charge in [0.1, 0.15) is 12.3 Å². The number of methoxy groups -OCH3 is 1. The molecule has 0 saturated carbocycles. The molecule has 2 rings (SSSR count). The number of pyridine rings is 1. The number of carbonyl (C=O) groups is 1. The number of benzene rings is 1. The Labute approximate surface area is 116 Å². The molecule has 0 atom stereocenters. The van der Waals surface area contributed by atoms with Gasteiger partial charge in [0.05, 0.1) is 7.11 Å². The fraction of sp³-hybridized carbons (Fsp3) is 0.200. The Morgan fingerprint density at radius 1 is 1.20 bits per heavy atom. The van der Waals surface area contributed by atoms with E-state index in [1.54, 1.807) is 50.4 Å². The van der Waals surface area contributed by atoms with E-state index in [9.17, 15) is 9.59 Å². The minimum Gasteiger partial charge on any atom is -0.497 e. The number of anilines is 1. The van der Waals surface area contributed by atoms with E-state index in [1.165, 1.54) is 10.6 Å². The molecule has 1 amide bonds. The summed E-state index contributed by atoms with van der Waals surface area (Å²) in [6, 6.07) is 11.9. The van der Waals surface area contributed by atoms with Crippen LogP contribution in [0.3, 0.4) is 0 Å². The van der Waals surface area contributed by atoms with Crippen LogP contribution in [-0.4, -0.2) is 17.6 Å². The van der Waals surface area contributed by atoms with Crippen molar-refractivity contribution >= 4 is 11.6 Å². The van der Waals surface area contributed by atoms with E-state index >= 15 is 0 Å². The fourth-order valence-electron chi connectivity index (χ4n) is 1.84. The number of nitrogens with one attached hydrogen (secondary N) is 1. The number of amides is 1. The number of nitrogens with zero attached hydrogens (tertiary/aromatic N) is 1. The molecule has 0 saturated heterocycles. The minimum atomic E-state index is -0.244. The monoisotopic (exact) mass is 272 g/mol. The van der Waals surface area contributed by atoms with Crippen molar-refractivity contribution in [2.75, 3.05) is 12.4 Å². The topological polar surface area (TPSA) is 60.3 Å². The van der Waals surface area contributed by atoms with Crippen LogP contribution in [-0.2, 0) is 11.3 Å². The van der Waals surface area contributed by atoms with Crippen LogP contribution < -0.4 is 15.6 Å². The molecule has 1 heterocycles. The van der Waals surface area contributed by atoms with Crippen molar-refractivity contribution in [3.63, 3.8) is 0 Å². The number of aryl methyl sites for hydroxylation is 1. The van der Waals surface area contributed by atoms with E-state index in [1.807, 2.05) is 0 Å². The van der Waals surface area contributed by atoms with Crippen molar-refractivity contribution in [1.29, 1.82) is 0 Å². The predicted molar refractivity (Wildman–Crippen MR) is 77.1 cm³/mol. The minimum absolute atomic E-state index is 0.00244. The fourth-order valence-corrected chi connectivity index (χ4v) is 1.84. The molecule has 0 aliphatic rings. The molecular formula is C15H16N2O3. The van der Waals surface area contributed by atoms with E-state index in [-0.39, 0.29) is 18.0 Å². The average molecular weight is 272 g/mol. The Balaban J connectivity index is 2.07. The van der Waals surface area contributed by atoms with Gasteiger partial charge in [-0.1, -0.05) is 6.07 Å². The van der Waals surface area contributed by atoms with Gasteiger partial charge in [0.25, 0.3) is 5.56 Å². The summed E-state index contributed by atoms with van der Waals surface area (Å²) in [7, 11) is 1.58. The standard InChI is InChI=1S/C15H16N2O3/c1-11-4-3-5-15(19)17(11)10-14(18)16-12-6-8-13(20-2)9-7-12/h3-9H,10H2,1-2H3,(H,16,18). The van der Waals surface area contributed by atoms with Gasteiger partial charge in [0.2, 0.25) is 5.91 Å². The first-order chi connectivity index (χ1) is 9.60. The second kappa shape index (κ2) is 6.06. The lowest BCUT2D eigenvalue weighted by atomic mass is 10.3. The van der Waals surface area contributed by atoms with Crippen LogP contribution in [0.1, 0.15) is 5.69 Å². The van der Waals surface area contributed by atoms with Crippen molar-refractivity contribution in [2.24, 2.45) is 0 Å². The van der Waals surface area contributed by atoms with Gasteiger partial charge >= 0.3 is 0 Å². The Kier molecular flexibility index (Phi) is 4.20. The third-order valence-electron chi connectivity index (χ3n) is 2.94. The highest BCUT2D eigenvalue weighted by molar-refractivity contribution is 5.90. The van der Waals surface area contributed by atoms with Gasteiger partial charge in [-0.15, -0.1) is 0 Å². The van der Waals surface area contributed by atoms with Gasteiger partial charge in [-0.2, -0.15) is 0 Å². The molecule has 2 aromatic rings. The molecule has 1 aromatic carbocycles. The SMILES string of the molecule is COc1ccc(NC(=O)Cn2c(C)cccc2=O)cc1.